The third-order valence-corrected chi connectivity index (χ3v) is 11.7. The molecule has 2 aliphatic rings. The van der Waals surface area contributed by atoms with E-state index in [0.717, 1.165) is 11.4 Å². The van der Waals surface area contributed by atoms with Gasteiger partial charge in [0.05, 0.1) is 0 Å². The van der Waals surface area contributed by atoms with Crippen LogP contribution in [0.3, 0.4) is 0 Å². The van der Waals surface area contributed by atoms with Gasteiger partial charge in [-0.3, -0.25) is 0 Å². The quantitative estimate of drug-likeness (QED) is 0.158. The average Bonchev–Trinajstić information content (AvgIpc) is 3.30. The minimum absolute atomic E-state index is 0.0167. The fourth-order valence-corrected chi connectivity index (χ4v) is 9.07. The first kappa shape index (κ1) is 33.0. The van der Waals surface area contributed by atoms with Crippen LogP contribution in [0.5, 0.6) is 0 Å². The molecule has 0 unspecified atom stereocenters. The fourth-order valence-electron chi connectivity index (χ4n) is 9.07. The standard InChI is InChI=1S/C54H37BN2/c1-6-17-38(18-7-1)40-29-32-45(33-30-40)57-52-28-16-27-51-54(52)55(49-36-46(41-21-10-3-11-22-41)47(37-53(49)57)42-23-12-4-13-24-42)48-35-43(39-19-8-2-9-20-39)31-34-50(48)56(51)44-25-14-5-15-26-44/h1-37H. The van der Waals surface area contributed by atoms with Crippen molar-refractivity contribution in [1.29, 1.82) is 0 Å². The molecule has 0 aromatic heterocycles. The summed E-state index contributed by atoms with van der Waals surface area (Å²) in [6.45, 7) is -0.0167. The number of fused-ring (bicyclic) bond motifs is 4. The Hall–Kier alpha value is -7.36. The van der Waals surface area contributed by atoms with E-state index in [9.17, 15) is 0 Å². The lowest BCUT2D eigenvalue weighted by atomic mass is 9.33. The molecule has 57 heavy (non-hydrogen) atoms. The van der Waals surface area contributed by atoms with Gasteiger partial charge in [-0.2, -0.15) is 0 Å². The highest BCUT2D eigenvalue weighted by molar-refractivity contribution is 7.00. The first-order valence-corrected chi connectivity index (χ1v) is 19.7. The maximum Gasteiger partial charge on any atom is 0.252 e. The Kier molecular flexibility index (Phi) is 7.96. The molecule has 11 rings (SSSR count). The third kappa shape index (κ3) is 5.59. The molecular weight excluding hydrogens is 687 g/mol. The first-order valence-electron chi connectivity index (χ1n) is 19.7. The van der Waals surface area contributed by atoms with Crippen molar-refractivity contribution in [1.82, 2.24) is 0 Å². The number of benzene rings is 9. The van der Waals surface area contributed by atoms with Crippen LogP contribution in [-0.4, -0.2) is 6.71 Å². The molecular formula is C54H37BN2. The zero-order valence-corrected chi connectivity index (χ0v) is 31.3. The zero-order valence-electron chi connectivity index (χ0n) is 31.3. The molecule has 9 aromatic carbocycles. The van der Waals surface area contributed by atoms with Crippen molar-refractivity contribution in [2.75, 3.05) is 9.80 Å². The van der Waals surface area contributed by atoms with Crippen LogP contribution in [0.1, 0.15) is 0 Å². The van der Waals surface area contributed by atoms with Crippen molar-refractivity contribution in [3.8, 4) is 44.5 Å². The number of rotatable bonds is 6. The Labute approximate surface area is 334 Å². The SMILES string of the molecule is c1ccc(-c2ccc(N3c4cc(-c5ccccc5)c(-c5ccccc5)cc4B4c5cc(-c6ccccc6)ccc5N(c5ccccc5)c5cccc3c54)cc2)cc1. The molecule has 3 heteroatoms. The Morgan fingerprint density at radius 2 is 0.684 bits per heavy atom. The summed E-state index contributed by atoms with van der Waals surface area (Å²) >= 11 is 0. The largest absolute Gasteiger partial charge is 0.311 e. The molecule has 0 amide bonds. The van der Waals surface area contributed by atoms with Crippen molar-refractivity contribution >= 4 is 57.2 Å². The summed E-state index contributed by atoms with van der Waals surface area (Å²) in [7, 11) is 0. The Balaban J connectivity index is 1.23. The van der Waals surface area contributed by atoms with Gasteiger partial charge in [0.1, 0.15) is 0 Å². The molecule has 0 bridgehead atoms. The summed E-state index contributed by atoms with van der Waals surface area (Å²) in [5, 5.41) is 0. The van der Waals surface area contributed by atoms with E-state index in [-0.39, 0.29) is 6.71 Å². The van der Waals surface area contributed by atoms with Crippen LogP contribution in [-0.2, 0) is 0 Å². The van der Waals surface area contributed by atoms with E-state index in [1.165, 1.54) is 83.6 Å². The molecule has 2 heterocycles. The number of hydrogen-bond donors (Lipinski definition) is 0. The van der Waals surface area contributed by atoms with Crippen LogP contribution in [0, 0.1) is 0 Å². The van der Waals surface area contributed by atoms with E-state index in [1.807, 2.05) is 0 Å². The van der Waals surface area contributed by atoms with Gasteiger partial charge in [0.25, 0.3) is 6.71 Å². The smallest absolute Gasteiger partial charge is 0.252 e. The minimum Gasteiger partial charge on any atom is -0.311 e. The molecule has 0 saturated carbocycles. The normalized spacial score (nSPS) is 12.5. The molecule has 0 radical (unpaired) electrons. The summed E-state index contributed by atoms with van der Waals surface area (Å²) in [6, 6.07) is 82.0. The van der Waals surface area contributed by atoms with Crippen molar-refractivity contribution < 1.29 is 0 Å². The number of hydrogen-bond acceptors (Lipinski definition) is 2. The maximum absolute atomic E-state index is 2.51. The van der Waals surface area contributed by atoms with Gasteiger partial charge >= 0.3 is 0 Å². The van der Waals surface area contributed by atoms with Crippen molar-refractivity contribution in [2.45, 2.75) is 0 Å². The van der Waals surface area contributed by atoms with Gasteiger partial charge in [0.15, 0.2) is 0 Å². The van der Waals surface area contributed by atoms with Gasteiger partial charge in [-0.1, -0.05) is 176 Å². The number of anilines is 6. The second-order valence-electron chi connectivity index (χ2n) is 14.9. The summed E-state index contributed by atoms with van der Waals surface area (Å²) in [4.78, 5) is 4.98. The van der Waals surface area contributed by atoms with Gasteiger partial charge in [0.2, 0.25) is 0 Å². The van der Waals surface area contributed by atoms with Crippen molar-refractivity contribution in [2.24, 2.45) is 0 Å². The Morgan fingerprint density at radius 3 is 1.26 bits per heavy atom. The van der Waals surface area contributed by atoms with Gasteiger partial charge in [0, 0.05) is 34.1 Å². The third-order valence-electron chi connectivity index (χ3n) is 11.7. The highest BCUT2D eigenvalue weighted by atomic mass is 15.2. The molecule has 2 aliphatic heterocycles. The van der Waals surface area contributed by atoms with E-state index in [0.29, 0.717) is 0 Å². The lowest BCUT2D eigenvalue weighted by Gasteiger charge is -2.44. The van der Waals surface area contributed by atoms with Crippen LogP contribution in [0.2, 0.25) is 0 Å². The minimum atomic E-state index is -0.0167. The number of nitrogens with zero attached hydrogens (tertiary/aromatic N) is 2. The lowest BCUT2D eigenvalue weighted by Crippen LogP contribution is -2.61. The van der Waals surface area contributed by atoms with Gasteiger partial charge in [-0.25, -0.2) is 0 Å². The van der Waals surface area contributed by atoms with Crippen molar-refractivity contribution in [3.63, 3.8) is 0 Å². The highest BCUT2D eigenvalue weighted by Crippen LogP contribution is 2.46. The van der Waals surface area contributed by atoms with E-state index in [1.54, 1.807) is 0 Å². The molecule has 9 aromatic rings. The fraction of sp³-hybridized carbons (Fsp3) is 0. The van der Waals surface area contributed by atoms with E-state index in [4.69, 9.17) is 0 Å². The van der Waals surface area contributed by atoms with Crippen LogP contribution < -0.4 is 26.2 Å². The molecule has 0 atom stereocenters. The molecule has 0 spiro atoms. The van der Waals surface area contributed by atoms with Crippen LogP contribution >= 0.6 is 0 Å². The highest BCUT2D eigenvalue weighted by Gasteiger charge is 2.43. The van der Waals surface area contributed by atoms with Crippen molar-refractivity contribution in [3.05, 3.63) is 224 Å². The van der Waals surface area contributed by atoms with E-state index < -0.39 is 0 Å². The predicted molar refractivity (Wildman–Crippen MR) is 242 cm³/mol. The molecule has 0 aliphatic carbocycles. The molecule has 2 nitrogen and oxygen atoms in total. The molecule has 266 valence electrons. The van der Waals surface area contributed by atoms with Gasteiger partial charge < -0.3 is 9.80 Å². The Bertz CT molecular complexity index is 2880. The van der Waals surface area contributed by atoms with E-state index >= 15 is 0 Å². The van der Waals surface area contributed by atoms with Crippen LogP contribution in [0.15, 0.2) is 224 Å². The topological polar surface area (TPSA) is 6.48 Å². The maximum atomic E-state index is 2.51. The second-order valence-corrected chi connectivity index (χ2v) is 14.9. The van der Waals surface area contributed by atoms with Crippen LogP contribution in [0.4, 0.5) is 34.1 Å². The molecule has 0 N–H and O–H groups in total. The summed E-state index contributed by atoms with van der Waals surface area (Å²) < 4.78 is 0. The molecule has 0 fully saturated rings. The molecule has 0 saturated heterocycles. The Morgan fingerprint density at radius 1 is 0.263 bits per heavy atom. The summed E-state index contributed by atoms with van der Waals surface area (Å²) in [5.41, 5.74) is 20.7. The number of para-hydroxylation sites is 1. The summed E-state index contributed by atoms with van der Waals surface area (Å²) in [6.07, 6.45) is 0. The zero-order chi connectivity index (χ0) is 37.7. The summed E-state index contributed by atoms with van der Waals surface area (Å²) in [5.74, 6) is 0. The predicted octanol–water partition coefficient (Wildman–Crippen LogP) is 12.4. The lowest BCUT2D eigenvalue weighted by molar-refractivity contribution is 1.25. The van der Waals surface area contributed by atoms with Gasteiger partial charge in [-0.05, 0) is 109 Å². The van der Waals surface area contributed by atoms with E-state index in [2.05, 4.69) is 234 Å². The second kappa shape index (κ2) is 13.7. The van der Waals surface area contributed by atoms with Crippen LogP contribution in [0.25, 0.3) is 44.5 Å². The average molecular weight is 725 g/mol. The first-order chi connectivity index (χ1) is 28.3. The van der Waals surface area contributed by atoms with Gasteiger partial charge in [-0.15, -0.1) is 0 Å². The monoisotopic (exact) mass is 724 g/mol.